The molecule has 116 valence electrons. The number of para-hydroxylation sites is 1. The molecular formula is C20H14N2O2. The third-order valence-corrected chi connectivity index (χ3v) is 4.04. The highest BCUT2D eigenvalue weighted by atomic mass is 16.2. The van der Waals surface area contributed by atoms with E-state index in [0.717, 1.165) is 10.8 Å². The van der Waals surface area contributed by atoms with Crippen molar-refractivity contribution in [3.8, 4) is 0 Å². The van der Waals surface area contributed by atoms with Crippen molar-refractivity contribution < 1.29 is 4.79 Å². The molecule has 4 rings (SSSR count). The summed E-state index contributed by atoms with van der Waals surface area (Å²) in [5, 5.41) is 5.43. The Kier molecular flexibility index (Phi) is 3.35. The number of aromatic nitrogens is 1. The first-order valence-electron chi connectivity index (χ1n) is 7.63. The van der Waals surface area contributed by atoms with Crippen LogP contribution in [0.3, 0.4) is 0 Å². The summed E-state index contributed by atoms with van der Waals surface area (Å²) in [5.41, 5.74) is 1.19. The van der Waals surface area contributed by atoms with Gasteiger partial charge in [0.05, 0.1) is 0 Å². The molecule has 0 saturated carbocycles. The minimum atomic E-state index is -0.419. The number of hydrogen-bond acceptors (Lipinski definition) is 2. The van der Waals surface area contributed by atoms with Crippen LogP contribution in [0.2, 0.25) is 0 Å². The van der Waals surface area contributed by atoms with Gasteiger partial charge in [0.25, 0.3) is 5.91 Å². The van der Waals surface area contributed by atoms with E-state index in [2.05, 4.69) is 10.3 Å². The molecule has 0 atom stereocenters. The molecule has 0 spiro atoms. The predicted molar refractivity (Wildman–Crippen MR) is 96.5 cm³/mol. The lowest BCUT2D eigenvalue weighted by molar-refractivity contribution is 0.102. The molecule has 0 saturated heterocycles. The van der Waals surface area contributed by atoms with Crippen molar-refractivity contribution in [2.24, 2.45) is 0 Å². The van der Waals surface area contributed by atoms with E-state index in [9.17, 15) is 9.59 Å². The number of aromatic amines is 1. The topological polar surface area (TPSA) is 62.0 Å². The first-order chi connectivity index (χ1) is 11.7. The van der Waals surface area contributed by atoms with Crippen molar-refractivity contribution >= 4 is 33.3 Å². The maximum absolute atomic E-state index is 12.5. The Morgan fingerprint density at radius 2 is 1.62 bits per heavy atom. The first kappa shape index (κ1) is 14.2. The van der Waals surface area contributed by atoms with Gasteiger partial charge in [-0.15, -0.1) is 0 Å². The van der Waals surface area contributed by atoms with Crippen LogP contribution in [0.25, 0.3) is 21.7 Å². The van der Waals surface area contributed by atoms with Gasteiger partial charge in [-0.3, -0.25) is 9.59 Å². The van der Waals surface area contributed by atoms with E-state index in [0.29, 0.717) is 16.6 Å². The molecular weight excluding hydrogens is 300 g/mol. The van der Waals surface area contributed by atoms with E-state index in [1.165, 1.54) is 6.20 Å². The number of H-pyrrole nitrogens is 1. The van der Waals surface area contributed by atoms with Gasteiger partial charge in [-0.25, -0.2) is 0 Å². The summed E-state index contributed by atoms with van der Waals surface area (Å²) in [4.78, 5) is 28.0. The van der Waals surface area contributed by atoms with Gasteiger partial charge in [-0.2, -0.15) is 0 Å². The van der Waals surface area contributed by atoms with Gasteiger partial charge in [0.1, 0.15) is 5.56 Å². The van der Waals surface area contributed by atoms with Crippen LogP contribution in [0.5, 0.6) is 0 Å². The lowest BCUT2D eigenvalue weighted by atomic mass is 10.1. The second kappa shape index (κ2) is 5.66. The predicted octanol–water partition coefficient (Wildman–Crippen LogP) is 3.93. The largest absolute Gasteiger partial charge is 0.360 e. The van der Waals surface area contributed by atoms with Gasteiger partial charge in [-0.1, -0.05) is 42.5 Å². The zero-order valence-corrected chi connectivity index (χ0v) is 12.7. The normalized spacial score (nSPS) is 10.8. The maximum atomic E-state index is 12.5. The molecule has 4 nitrogen and oxygen atoms in total. The number of anilines is 1. The Hall–Kier alpha value is -3.40. The van der Waals surface area contributed by atoms with Gasteiger partial charge in [0.15, 0.2) is 0 Å². The molecule has 4 heteroatoms. The molecule has 0 bridgehead atoms. The maximum Gasteiger partial charge on any atom is 0.261 e. The number of benzene rings is 3. The van der Waals surface area contributed by atoms with E-state index in [-0.39, 0.29) is 11.0 Å². The Labute approximate surface area is 137 Å². The molecule has 1 aromatic heterocycles. The number of hydrogen-bond donors (Lipinski definition) is 2. The third-order valence-electron chi connectivity index (χ3n) is 4.04. The van der Waals surface area contributed by atoms with Gasteiger partial charge < -0.3 is 10.3 Å². The quantitative estimate of drug-likeness (QED) is 0.589. The Bertz CT molecular complexity index is 1130. The fraction of sp³-hybridized carbons (Fsp3) is 0. The molecule has 4 aromatic rings. The summed E-state index contributed by atoms with van der Waals surface area (Å²) in [6.07, 6.45) is 1.46. The summed E-state index contributed by atoms with van der Waals surface area (Å²) in [6, 6.07) is 20.7. The Morgan fingerprint density at radius 3 is 2.50 bits per heavy atom. The number of amides is 1. The highest BCUT2D eigenvalue weighted by Crippen LogP contribution is 2.19. The zero-order valence-electron chi connectivity index (χ0n) is 12.7. The van der Waals surface area contributed by atoms with Crippen LogP contribution < -0.4 is 10.7 Å². The lowest BCUT2D eigenvalue weighted by Crippen LogP contribution is -2.21. The van der Waals surface area contributed by atoms with E-state index in [1.54, 1.807) is 12.1 Å². The van der Waals surface area contributed by atoms with Crippen LogP contribution >= 0.6 is 0 Å². The van der Waals surface area contributed by atoms with Crippen molar-refractivity contribution in [2.45, 2.75) is 0 Å². The Morgan fingerprint density at radius 1 is 0.875 bits per heavy atom. The van der Waals surface area contributed by atoms with Gasteiger partial charge in [0.2, 0.25) is 5.43 Å². The minimum absolute atomic E-state index is 0.0989. The SMILES string of the molecule is O=C(Nc1ccc2ccccc2c1)c1c[nH]c2ccccc2c1=O. The van der Waals surface area contributed by atoms with Crippen molar-refractivity contribution in [1.29, 1.82) is 0 Å². The summed E-state index contributed by atoms with van der Waals surface area (Å²) < 4.78 is 0. The zero-order chi connectivity index (χ0) is 16.5. The molecule has 1 amide bonds. The van der Waals surface area contributed by atoms with Crippen molar-refractivity contribution in [2.75, 3.05) is 5.32 Å². The molecule has 0 unspecified atom stereocenters. The molecule has 0 aliphatic rings. The number of nitrogens with one attached hydrogen (secondary N) is 2. The molecule has 24 heavy (non-hydrogen) atoms. The van der Waals surface area contributed by atoms with Gasteiger partial charge >= 0.3 is 0 Å². The summed E-state index contributed by atoms with van der Waals surface area (Å²) in [6.45, 7) is 0. The number of rotatable bonds is 2. The van der Waals surface area contributed by atoms with Crippen LogP contribution in [-0.2, 0) is 0 Å². The van der Waals surface area contributed by atoms with Crippen molar-refractivity contribution in [1.82, 2.24) is 4.98 Å². The van der Waals surface area contributed by atoms with Crippen LogP contribution in [0.1, 0.15) is 10.4 Å². The molecule has 2 N–H and O–H groups in total. The van der Waals surface area contributed by atoms with Crippen LogP contribution in [0.15, 0.2) is 77.7 Å². The average Bonchev–Trinajstić information content (AvgIpc) is 2.62. The highest BCUT2D eigenvalue weighted by molar-refractivity contribution is 6.06. The molecule has 1 heterocycles. The molecule has 0 aliphatic heterocycles. The van der Waals surface area contributed by atoms with Crippen molar-refractivity contribution in [3.05, 3.63) is 88.7 Å². The second-order valence-corrected chi connectivity index (χ2v) is 5.59. The summed E-state index contributed by atoms with van der Waals surface area (Å²) in [5.74, 6) is -0.419. The van der Waals surface area contributed by atoms with Crippen LogP contribution in [0.4, 0.5) is 5.69 Å². The van der Waals surface area contributed by atoms with Crippen molar-refractivity contribution in [3.63, 3.8) is 0 Å². The van der Waals surface area contributed by atoms with Gasteiger partial charge in [-0.05, 0) is 35.0 Å². The van der Waals surface area contributed by atoms with E-state index in [4.69, 9.17) is 0 Å². The molecule has 0 fully saturated rings. The number of carbonyl (C=O) groups excluding carboxylic acids is 1. The van der Waals surface area contributed by atoms with Gasteiger partial charge in [0, 0.05) is 22.8 Å². The smallest absolute Gasteiger partial charge is 0.261 e. The first-order valence-corrected chi connectivity index (χ1v) is 7.63. The van der Waals surface area contributed by atoms with E-state index < -0.39 is 5.91 Å². The number of fused-ring (bicyclic) bond motifs is 2. The molecule has 3 aromatic carbocycles. The summed E-state index contributed by atoms with van der Waals surface area (Å²) in [7, 11) is 0. The average molecular weight is 314 g/mol. The standard InChI is InChI=1S/C20H14N2O2/c23-19-16-7-3-4-8-18(16)21-12-17(19)20(24)22-15-10-9-13-5-1-2-6-14(13)11-15/h1-12H,(H,21,23)(H,22,24). The fourth-order valence-electron chi connectivity index (χ4n) is 2.80. The third kappa shape index (κ3) is 2.44. The monoisotopic (exact) mass is 314 g/mol. The van der Waals surface area contributed by atoms with Crippen LogP contribution in [0, 0.1) is 0 Å². The second-order valence-electron chi connectivity index (χ2n) is 5.59. The highest BCUT2D eigenvalue weighted by Gasteiger charge is 2.13. The fourth-order valence-corrected chi connectivity index (χ4v) is 2.80. The van der Waals surface area contributed by atoms with E-state index in [1.807, 2.05) is 54.6 Å². The molecule has 0 radical (unpaired) electrons. The minimum Gasteiger partial charge on any atom is -0.360 e. The summed E-state index contributed by atoms with van der Waals surface area (Å²) >= 11 is 0. The number of pyridine rings is 1. The number of carbonyl (C=O) groups is 1. The van der Waals surface area contributed by atoms with Crippen LogP contribution in [-0.4, -0.2) is 10.9 Å². The van der Waals surface area contributed by atoms with E-state index >= 15 is 0 Å². The lowest BCUT2D eigenvalue weighted by Gasteiger charge is -2.07. The molecule has 0 aliphatic carbocycles. The Balaban J connectivity index is 1.70.